The van der Waals surface area contributed by atoms with Gasteiger partial charge in [0, 0.05) is 11.6 Å². The van der Waals surface area contributed by atoms with Crippen molar-refractivity contribution in [1.29, 1.82) is 5.26 Å². The average Bonchev–Trinajstić information content (AvgIpc) is 2.81. The summed E-state index contributed by atoms with van der Waals surface area (Å²) in [6.45, 7) is 5.88. The van der Waals surface area contributed by atoms with E-state index in [9.17, 15) is 14.6 Å². The highest BCUT2D eigenvalue weighted by atomic mass is 19.1. The Morgan fingerprint density at radius 3 is 2.81 bits per heavy atom. The summed E-state index contributed by atoms with van der Waals surface area (Å²) in [7, 11) is 1.52. The Morgan fingerprint density at radius 2 is 2.16 bits per heavy atom. The Hall–Kier alpha value is -3.54. The minimum Gasteiger partial charge on any atom is -0.493 e. The Morgan fingerprint density at radius 1 is 1.32 bits per heavy atom. The molecule has 8 heteroatoms. The molecule has 0 unspecified atom stereocenters. The highest BCUT2D eigenvalue weighted by molar-refractivity contribution is 5.88. The quantitative estimate of drug-likeness (QED) is 0.348. The number of allylic oxidation sites excluding steroid dienone is 3. The van der Waals surface area contributed by atoms with Crippen LogP contribution in [0.1, 0.15) is 11.1 Å². The van der Waals surface area contributed by atoms with Gasteiger partial charge in [-0.15, -0.1) is 4.91 Å². The van der Waals surface area contributed by atoms with E-state index in [0.29, 0.717) is 49.1 Å². The van der Waals surface area contributed by atoms with E-state index in [1.54, 1.807) is 18.2 Å². The molecule has 0 saturated carbocycles. The molecule has 0 spiro atoms. The highest BCUT2D eigenvalue weighted by Gasteiger charge is 2.17. The average molecular weight is 424 g/mol. The summed E-state index contributed by atoms with van der Waals surface area (Å²) in [6, 6.07) is 10.8. The molecule has 0 bridgehead atoms. The molecule has 1 aliphatic rings. The van der Waals surface area contributed by atoms with Crippen LogP contribution in [-0.2, 0) is 9.47 Å². The Labute approximate surface area is 179 Å². The molecule has 0 aliphatic carbocycles. The van der Waals surface area contributed by atoms with E-state index in [1.165, 1.54) is 25.3 Å². The highest BCUT2D eigenvalue weighted by Crippen LogP contribution is 2.32. The van der Waals surface area contributed by atoms with Crippen molar-refractivity contribution >= 4 is 16.8 Å². The lowest BCUT2D eigenvalue weighted by atomic mass is 9.99. The van der Waals surface area contributed by atoms with Gasteiger partial charge in [-0.05, 0) is 46.7 Å². The third-order valence-electron chi connectivity index (χ3n) is 4.63. The minimum absolute atomic E-state index is 0.0529. The third-order valence-corrected chi connectivity index (χ3v) is 4.63. The number of halogens is 1. The van der Waals surface area contributed by atoms with Gasteiger partial charge in [0.25, 0.3) is 0 Å². The topological polar surface area (TPSA) is 90.1 Å². The van der Waals surface area contributed by atoms with Gasteiger partial charge in [-0.1, -0.05) is 12.6 Å². The molecule has 2 aromatic carbocycles. The van der Waals surface area contributed by atoms with Crippen LogP contribution in [0.2, 0.25) is 0 Å². The molecule has 0 radical (unpaired) electrons. The number of hydrogen-bond donors (Lipinski definition) is 0. The van der Waals surface area contributed by atoms with E-state index in [4.69, 9.17) is 18.9 Å². The Bertz CT molecular complexity index is 1040. The van der Waals surface area contributed by atoms with Crippen molar-refractivity contribution in [2.24, 2.45) is 5.18 Å². The fourth-order valence-corrected chi connectivity index (χ4v) is 3.01. The molecule has 1 aliphatic heterocycles. The first kappa shape index (κ1) is 22.2. The van der Waals surface area contributed by atoms with Gasteiger partial charge < -0.3 is 18.9 Å². The summed E-state index contributed by atoms with van der Waals surface area (Å²) in [6.07, 6.45) is 1.32. The van der Waals surface area contributed by atoms with Gasteiger partial charge >= 0.3 is 0 Å². The van der Waals surface area contributed by atoms with E-state index in [-0.39, 0.29) is 22.9 Å². The van der Waals surface area contributed by atoms with E-state index in [1.807, 2.05) is 6.07 Å². The second kappa shape index (κ2) is 10.5. The largest absolute Gasteiger partial charge is 0.493 e. The fourth-order valence-electron chi connectivity index (χ4n) is 3.01. The van der Waals surface area contributed by atoms with Crippen LogP contribution in [-0.4, -0.2) is 39.6 Å². The lowest BCUT2D eigenvalue weighted by Gasteiger charge is -2.23. The van der Waals surface area contributed by atoms with Crippen molar-refractivity contribution in [3.8, 4) is 17.6 Å². The number of benzene rings is 2. The molecule has 0 amide bonds. The van der Waals surface area contributed by atoms with Crippen LogP contribution in [0.3, 0.4) is 0 Å². The van der Waals surface area contributed by atoms with Crippen LogP contribution in [0.5, 0.6) is 11.5 Å². The molecule has 31 heavy (non-hydrogen) atoms. The Kier molecular flexibility index (Phi) is 7.49. The molecule has 1 fully saturated rings. The first-order valence-corrected chi connectivity index (χ1v) is 9.50. The van der Waals surface area contributed by atoms with Gasteiger partial charge in [-0.25, -0.2) is 4.39 Å². The summed E-state index contributed by atoms with van der Waals surface area (Å²) in [4.78, 5) is 10.6. The summed E-state index contributed by atoms with van der Waals surface area (Å²) in [5.74, 6) is 0.295. The van der Waals surface area contributed by atoms with Crippen LogP contribution < -0.4 is 9.47 Å². The fraction of sp³-hybridized carbons (Fsp3) is 0.261. The van der Waals surface area contributed by atoms with Gasteiger partial charge in [0.15, 0.2) is 11.5 Å². The maximum Gasteiger partial charge on any atom is 0.161 e. The van der Waals surface area contributed by atoms with E-state index < -0.39 is 5.82 Å². The number of ether oxygens (including phenoxy) is 4. The van der Waals surface area contributed by atoms with Crippen molar-refractivity contribution in [1.82, 2.24) is 0 Å². The maximum absolute atomic E-state index is 14.3. The molecular formula is C23H21FN2O5. The van der Waals surface area contributed by atoms with Crippen LogP contribution in [0.15, 0.2) is 54.2 Å². The molecule has 0 N–H and O–H groups in total. The van der Waals surface area contributed by atoms with Gasteiger partial charge in [-0.3, -0.25) is 0 Å². The minimum atomic E-state index is -0.715. The summed E-state index contributed by atoms with van der Waals surface area (Å²) < 4.78 is 36.4. The Balaban J connectivity index is 1.78. The lowest BCUT2D eigenvalue weighted by molar-refractivity contribution is -0.101. The molecule has 1 saturated heterocycles. The zero-order valence-electron chi connectivity index (χ0n) is 17.0. The molecule has 7 nitrogen and oxygen atoms in total. The van der Waals surface area contributed by atoms with Crippen LogP contribution in [0, 0.1) is 22.1 Å². The maximum atomic E-state index is 14.3. The van der Waals surface area contributed by atoms with Crippen molar-refractivity contribution in [2.45, 2.75) is 6.10 Å². The number of methoxy groups -OCH3 is 1. The number of rotatable bonds is 8. The molecular weight excluding hydrogens is 403 g/mol. The van der Waals surface area contributed by atoms with E-state index in [2.05, 4.69) is 11.8 Å². The second-order valence-corrected chi connectivity index (χ2v) is 6.69. The predicted octanol–water partition coefficient (Wildman–Crippen LogP) is 4.65. The van der Waals surface area contributed by atoms with Crippen LogP contribution in [0.4, 0.5) is 10.1 Å². The first-order valence-electron chi connectivity index (χ1n) is 9.50. The van der Waals surface area contributed by atoms with Crippen molar-refractivity contribution < 1.29 is 23.3 Å². The SMILES string of the molecule is C=C(/C=C(\C#N)c1ccc(N=O)cc1F)c1ccc(OC[C@H]2COCCO2)c(OC)c1. The van der Waals surface area contributed by atoms with Crippen molar-refractivity contribution in [2.75, 3.05) is 33.5 Å². The summed E-state index contributed by atoms with van der Waals surface area (Å²) >= 11 is 0. The zero-order valence-corrected chi connectivity index (χ0v) is 17.0. The molecule has 2 aromatic rings. The first-order chi connectivity index (χ1) is 15.0. The van der Waals surface area contributed by atoms with Gasteiger partial charge in [0.05, 0.1) is 38.6 Å². The monoisotopic (exact) mass is 424 g/mol. The van der Waals surface area contributed by atoms with Crippen LogP contribution in [0.25, 0.3) is 11.1 Å². The number of nitriles is 1. The van der Waals surface area contributed by atoms with E-state index >= 15 is 0 Å². The lowest BCUT2D eigenvalue weighted by Crippen LogP contribution is -2.33. The smallest absolute Gasteiger partial charge is 0.161 e. The van der Waals surface area contributed by atoms with Crippen LogP contribution >= 0.6 is 0 Å². The van der Waals surface area contributed by atoms with Gasteiger partial charge in [0.1, 0.15) is 24.2 Å². The molecule has 3 rings (SSSR count). The normalized spacial score (nSPS) is 16.3. The zero-order chi connectivity index (χ0) is 22.2. The second-order valence-electron chi connectivity index (χ2n) is 6.69. The number of nitrogens with zero attached hydrogens (tertiary/aromatic N) is 2. The standard InChI is InChI=1S/C23H21FN2O5/c1-15(9-17(12-25)20-5-4-18(26-27)11-21(20)24)16-3-6-22(23(10-16)28-2)31-14-19-13-29-7-8-30-19/h3-6,9-11,19H,1,7-8,13-14H2,2H3/b17-9+/t19-/m1/s1. The molecule has 160 valence electrons. The predicted molar refractivity (Wildman–Crippen MR) is 114 cm³/mol. The molecule has 1 atom stereocenters. The van der Waals surface area contributed by atoms with E-state index in [0.717, 1.165) is 6.07 Å². The third kappa shape index (κ3) is 5.54. The van der Waals surface area contributed by atoms with Crippen molar-refractivity contribution in [3.63, 3.8) is 0 Å². The van der Waals surface area contributed by atoms with Crippen molar-refractivity contribution in [3.05, 3.63) is 70.9 Å². The molecule has 0 aromatic heterocycles. The molecule has 1 heterocycles. The van der Waals surface area contributed by atoms with Gasteiger partial charge in [0.2, 0.25) is 0 Å². The summed E-state index contributed by atoms with van der Waals surface area (Å²) in [5, 5.41) is 12.2. The van der Waals surface area contributed by atoms with Gasteiger partial charge in [-0.2, -0.15) is 5.26 Å². The number of nitroso groups, excluding NO2 is 1. The number of hydrogen-bond acceptors (Lipinski definition) is 7. The summed E-state index contributed by atoms with van der Waals surface area (Å²) in [5.41, 5.74) is 1.21.